The summed E-state index contributed by atoms with van der Waals surface area (Å²) in [5, 5.41) is 6.40. The average molecular weight is 242 g/mol. The van der Waals surface area contributed by atoms with Gasteiger partial charge in [-0.05, 0) is 31.2 Å². The first-order chi connectivity index (χ1) is 8.13. The van der Waals surface area contributed by atoms with Gasteiger partial charge in [-0.2, -0.15) is 0 Å². The quantitative estimate of drug-likeness (QED) is 0.735. The second-order valence-corrected chi connectivity index (χ2v) is 5.25. The van der Waals surface area contributed by atoms with Crippen molar-refractivity contribution in [1.82, 2.24) is 10.6 Å². The van der Waals surface area contributed by atoms with Gasteiger partial charge in [0.05, 0.1) is 6.61 Å². The van der Waals surface area contributed by atoms with Gasteiger partial charge in [-0.1, -0.05) is 13.8 Å². The molecule has 4 heteroatoms. The maximum absolute atomic E-state index is 11.8. The maximum atomic E-state index is 11.8. The molecule has 0 spiro atoms. The van der Waals surface area contributed by atoms with Crippen LogP contribution in [0.25, 0.3) is 0 Å². The Hall–Kier alpha value is -0.610. The molecular weight excluding hydrogens is 216 g/mol. The minimum Gasteiger partial charge on any atom is -0.384 e. The Kier molecular flexibility index (Phi) is 6.52. The summed E-state index contributed by atoms with van der Waals surface area (Å²) in [6.45, 7) is 6.73. The lowest BCUT2D eigenvalue weighted by atomic mass is 9.90. The van der Waals surface area contributed by atoms with E-state index >= 15 is 0 Å². The molecule has 1 saturated heterocycles. The maximum Gasteiger partial charge on any atom is 0.221 e. The zero-order chi connectivity index (χ0) is 12.7. The van der Waals surface area contributed by atoms with Gasteiger partial charge in [0.25, 0.3) is 0 Å². The third-order valence-corrected chi connectivity index (χ3v) is 3.43. The Labute approximate surface area is 104 Å². The molecule has 0 radical (unpaired) electrons. The summed E-state index contributed by atoms with van der Waals surface area (Å²) in [5.74, 6) is 1.13. The standard InChI is InChI=1S/C13H26N2O2/c1-10(9-17-3)8-15-13(16)7-12-11(2)5-4-6-14-12/h10-12,14H,4-9H2,1-3H3,(H,15,16). The number of ether oxygens (including phenoxy) is 1. The fraction of sp³-hybridized carbons (Fsp3) is 0.923. The first-order valence-corrected chi connectivity index (χ1v) is 6.62. The first kappa shape index (κ1) is 14.5. The molecule has 0 aromatic heterocycles. The van der Waals surface area contributed by atoms with Crippen molar-refractivity contribution in [3.05, 3.63) is 0 Å². The van der Waals surface area contributed by atoms with Crippen molar-refractivity contribution in [2.75, 3.05) is 26.8 Å². The third-order valence-electron chi connectivity index (χ3n) is 3.43. The molecule has 17 heavy (non-hydrogen) atoms. The van der Waals surface area contributed by atoms with E-state index in [1.54, 1.807) is 7.11 Å². The van der Waals surface area contributed by atoms with E-state index in [1.165, 1.54) is 12.8 Å². The molecule has 3 unspecified atom stereocenters. The summed E-state index contributed by atoms with van der Waals surface area (Å²) >= 11 is 0. The largest absolute Gasteiger partial charge is 0.384 e. The van der Waals surface area contributed by atoms with Gasteiger partial charge in [0.1, 0.15) is 0 Å². The number of hydrogen-bond acceptors (Lipinski definition) is 3. The van der Waals surface area contributed by atoms with E-state index in [4.69, 9.17) is 4.74 Å². The van der Waals surface area contributed by atoms with Crippen LogP contribution < -0.4 is 10.6 Å². The van der Waals surface area contributed by atoms with Crippen molar-refractivity contribution >= 4 is 5.91 Å². The van der Waals surface area contributed by atoms with Gasteiger partial charge >= 0.3 is 0 Å². The molecule has 100 valence electrons. The van der Waals surface area contributed by atoms with Crippen molar-refractivity contribution in [2.45, 2.75) is 39.2 Å². The number of hydrogen-bond donors (Lipinski definition) is 2. The van der Waals surface area contributed by atoms with Gasteiger partial charge in [-0.15, -0.1) is 0 Å². The van der Waals surface area contributed by atoms with Crippen molar-refractivity contribution in [3.8, 4) is 0 Å². The molecule has 1 rings (SSSR count). The van der Waals surface area contributed by atoms with Gasteiger partial charge in [-0.25, -0.2) is 0 Å². The molecule has 0 bridgehead atoms. The van der Waals surface area contributed by atoms with Gasteiger partial charge in [0.2, 0.25) is 5.91 Å². The summed E-state index contributed by atoms with van der Waals surface area (Å²) in [6.07, 6.45) is 3.05. The van der Waals surface area contributed by atoms with Crippen molar-refractivity contribution in [1.29, 1.82) is 0 Å². The summed E-state index contributed by atoms with van der Waals surface area (Å²) in [5.41, 5.74) is 0. The van der Waals surface area contributed by atoms with Crippen molar-refractivity contribution in [3.63, 3.8) is 0 Å². The van der Waals surface area contributed by atoms with E-state index in [0.717, 1.165) is 6.54 Å². The second kappa shape index (κ2) is 7.67. The lowest BCUT2D eigenvalue weighted by molar-refractivity contribution is -0.122. The molecule has 3 atom stereocenters. The van der Waals surface area contributed by atoms with Crippen LogP contribution in [0, 0.1) is 11.8 Å². The third kappa shape index (κ3) is 5.50. The molecule has 1 heterocycles. The number of carbonyl (C=O) groups is 1. The monoisotopic (exact) mass is 242 g/mol. The lowest BCUT2D eigenvalue weighted by Gasteiger charge is -2.29. The first-order valence-electron chi connectivity index (χ1n) is 6.62. The van der Waals surface area contributed by atoms with E-state index in [0.29, 0.717) is 37.5 Å². The molecule has 1 aliphatic heterocycles. The van der Waals surface area contributed by atoms with Crippen LogP contribution >= 0.6 is 0 Å². The van der Waals surface area contributed by atoms with Crippen LogP contribution in [0.15, 0.2) is 0 Å². The summed E-state index contributed by atoms with van der Waals surface area (Å²) in [4.78, 5) is 11.8. The number of piperidine rings is 1. The minimum atomic E-state index is 0.152. The van der Waals surface area contributed by atoms with Crippen molar-refractivity contribution in [2.24, 2.45) is 11.8 Å². The summed E-state index contributed by atoms with van der Waals surface area (Å²) in [7, 11) is 1.69. The van der Waals surface area contributed by atoms with Crippen LogP contribution in [0.1, 0.15) is 33.1 Å². The van der Waals surface area contributed by atoms with E-state index < -0.39 is 0 Å². The van der Waals surface area contributed by atoms with Crippen molar-refractivity contribution < 1.29 is 9.53 Å². The molecule has 1 amide bonds. The van der Waals surface area contributed by atoms with Crippen LogP contribution in [0.2, 0.25) is 0 Å². The zero-order valence-electron chi connectivity index (χ0n) is 11.3. The molecule has 0 aromatic carbocycles. The summed E-state index contributed by atoms with van der Waals surface area (Å²) < 4.78 is 5.04. The Balaban J connectivity index is 2.19. The van der Waals surface area contributed by atoms with Gasteiger partial charge in [0.15, 0.2) is 0 Å². The average Bonchev–Trinajstić information content (AvgIpc) is 2.30. The molecule has 4 nitrogen and oxygen atoms in total. The molecule has 0 saturated carbocycles. The van der Waals surface area contributed by atoms with E-state index in [2.05, 4.69) is 24.5 Å². The molecule has 1 aliphatic rings. The highest BCUT2D eigenvalue weighted by atomic mass is 16.5. The predicted molar refractivity (Wildman–Crippen MR) is 68.9 cm³/mol. The fourth-order valence-electron chi connectivity index (χ4n) is 2.29. The lowest BCUT2D eigenvalue weighted by Crippen LogP contribution is -2.44. The van der Waals surface area contributed by atoms with E-state index in [-0.39, 0.29) is 5.91 Å². The number of carbonyl (C=O) groups excluding carboxylic acids is 1. The highest BCUT2D eigenvalue weighted by Crippen LogP contribution is 2.17. The fourth-order valence-corrected chi connectivity index (χ4v) is 2.29. The number of nitrogens with one attached hydrogen (secondary N) is 2. The van der Waals surface area contributed by atoms with Crippen LogP contribution in [0.3, 0.4) is 0 Å². The zero-order valence-corrected chi connectivity index (χ0v) is 11.3. The normalized spacial score (nSPS) is 26.5. The Morgan fingerprint density at radius 3 is 3.00 bits per heavy atom. The van der Waals surface area contributed by atoms with E-state index in [1.807, 2.05) is 0 Å². The minimum absolute atomic E-state index is 0.152. The molecule has 2 N–H and O–H groups in total. The Morgan fingerprint density at radius 2 is 2.35 bits per heavy atom. The second-order valence-electron chi connectivity index (χ2n) is 5.25. The van der Waals surface area contributed by atoms with Crippen LogP contribution in [-0.4, -0.2) is 38.8 Å². The van der Waals surface area contributed by atoms with Crippen LogP contribution in [-0.2, 0) is 9.53 Å². The highest BCUT2D eigenvalue weighted by Gasteiger charge is 2.23. The molecule has 0 aromatic rings. The smallest absolute Gasteiger partial charge is 0.221 e. The molecular formula is C13H26N2O2. The topological polar surface area (TPSA) is 50.4 Å². The number of methoxy groups -OCH3 is 1. The SMILES string of the molecule is COCC(C)CNC(=O)CC1NCCCC1C. The van der Waals surface area contributed by atoms with Gasteiger partial charge in [0, 0.05) is 26.1 Å². The van der Waals surface area contributed by atoms with Gasteiger partial charge < -0.3 is 15.4 Å². The molecule has 1 fully saturated rings. The molecule has 0 aliphatic carbocycles. The summed E-state index contributed by atoms with van der Waals surface area (Å²) in [6, 6.07) is 0.349. The van der Waals surface area contributed by atoms with E-state index in [9.17, 15) is 4.79 Å². The Bertz CT molecular complexity index is 233. The highest BCUT2D eigenvalue weighted by molar-refractivity contribution is 5.76. The number of amides is 1. The van der Waals surface area contributed by atoms with Gasteiger partial charge in [-0.3, -0.25) is 4.79 Å². The van der Waals surface area contributed by atoms with Crippen LogP contribution in [0.4, 0.5) is 0 Å². The van der Waals surface area contributed by atoms with Crippen LogP contribution in [0.5, 0.6) is 0 Å². The number of rotatable bonds is 6. The Morgan fingerprint density at radius 1 is 1.59 bits per heavy atom. The predicted octanol–water partition coefficient (Wildman–Crippen LogP) is 1.16.